The first kappa shape index (κ1) is 29.5. The summed E-state index contributed by atoms with van der Waals surface area (Å²) in [6.45, 7) is 0. The Balaban J connectivity index is 1.22. The molecule has 0 bridgehead atoms. The molecule has 11 aromatic rings. The number of hydrogen-bond donors (Lipinski definition) is 0. The average Bonchev–Trinajstić information content (AvgIpc) is 3.63. The minimum Gasteiger partial charge on any atom is -0.299 e. The highest BCUT2D eigenvalue weighted by atomic mass is 15.0. The van der Waals surface area contributed by atoms with Crippen molar-refractivity contribution < 1.29 is 0 Å². The number of pyridine rings is 2. The van der Waals surface area contributed by atoms with Gasteiger partial charge >= 0.3 is 0 Å². The van der Waals surface area contributed by atoms with Crippen LogP contribution >= 0.6 is 0 Å². The molecule has 0 atom stereocenters. The molecule has 0 unspecified atom stereocenters. The van der Waals surface area contributed by atoms with E-state index in [1.165, 1.54) is 10.8 Å². The van der Waals surface area contributed by atoms with Crippen LogP contribution in [0.2, 0.25) is 0 Å². The predicted molar refractivity (Wildman–Crippen MR) is 218 cm³/mol. The number of imidazole rings is 1. The third-order valence-corrected chi connectivity index (χ3v) is 10.4. The van der Waals surface area contributed by atoms with Gasteiger partial charge in [-0.1, -0.05) is 121 Å². The van der Waals surface area contributed by atoms with Crippen LogP contribution in [0.1, 0.15) is 0 Å². The van der Waals surface area contributed by atoms with Crippen LogP contribution in [0.25, 0.3) is 105 Å². The molecular formula is C48H29N5. The second kappa shape index (κ2) is 11.7. The average molecular weight is 676 g/mol. The normalized spacial score (nSPS) is 11.8. The Morgan fingerprint density at radius 2 is 1.02 bits per heavy atom. The molecule has 5 nitrogen and oxygen atoms in total. The zero-order valence-corrected chi connectivity index (χ0v) is 28.5. The maximum absolute atomic E-state index is 5.35. The first-order valence-electron chi connectivity index (χ1n) is 17.8. The lowest BCUT2D eigenvalue weighted by atomic mass is 9.95. The van der Waals surface area contributed by atoms with Gasteiger partial charge in [0.15, 0.2) is 5.82 Å². The summed E-state index contributed by atoms with van der Waals surface area (Å²) in [5.41, 5.74) is 9.83. The summed E-state index contributed by atoms with van der Waals surface area (Å²) in [6.07, 6.45) is 3.94. The minimum absolute atomic E-state index is 0.674. The SMILES string of the molecule is c1ccc(-c2ccc3c(c2)c2cc(-c4nc(-c5cccc6ccccc56)cc(-c5cccc6ccccc56)n4)ccc2c2c3nc3ccccn32)nc1. The Morgan fingerprint density at radius 3 is 1.75 bits per heavy atom. The van der Waals surface area contributed by atoms with E-state index >= 15 is 0 Å². The summed E-state index contributed by atoms with van der Waals surface area (Å²) in [6, 6.07) is 57.4. The quantitative estimate of drug-likeness (QED) is 0.174. The molecule has 0 amide bonds. The van der Waals surface area contributed by atoms with Gasteiger partial charge in [0, 0.05) is 45.4 Å². The smallest absolute Gasteiger partial charge is 0.160 e. The van der Waals surface area contributed by atoms with Crippen molar-refractivity contribution in [1.82, 2.24) is 24.3 Å². The summed E-state index contributed by atoms with van der Waals surface area (Å²) in [7, 11) is 0. The van der Waals surface area contributed by atoms with Gasteiger partial charge in [0.1, 0.15) is 5.65 Å². The highest BCUT2D eigenvalue weighted by Gasteiger charge is 2.19. The summed E-state index contributed by atoms with van der Waals surface area (Å²) in [5.74, 6) is 0.674. The van der Waals surface area contributed by atoms with Gasteiger partial charge in [0.2, 0.25) is 0 Å². The molecule has 0 spiro atoms. The Labute approximate surface area is 304 Å². The molecule has 0 saturated heterocycles. The maximum atomic E-state index is 5.35. The fourth-order valence-electron chi connectivity index (χ4n) is 7.97. The Bertz CT molecular complexity index is 3130. The number of nitrogens with zero attached hydrogens (tertiary/aromatic N) is 5. The topological polar surface area (TPSA) is 56.0 Å². The lowest BCUT2D eigenvalue weighted by Gasteiger charge is -2.14. The van der Waals surface area contributed by atoms with Crippen molar-refractivity contribution in [1.29, 1.82) is 0 Å². The molecule has 53 heavy (non-hydrogen) atoms. The summed E-state index contributed by atoms with van der Waals surface area (Å²) in [5, 5.41) is 9.10. The van der Waals surface area contributed by atoms with E-state index in [9.17, 15) is 0 Å². The molecule has 5 heteroatoms. The van der Waals surface area contributed by atoms with Crippen LogP contribution < -0.4 is 0 Å². The van der Waals surface area contributed by atoms with Gasteiger partial charge < -0.3 is 0 Å². The van der Waals surface area contributed by atoms with Crippen molar-refractivity contribution in [2.75, 3.05) is 0 Å². The van der Waals surface area contributed by atoms with Crippen LogP contribution in [-0.2, 0) is 0 Å². The molecule has 11 rings (SSSR count). The second-order valence-electron chi connectivity index (χ2n) is 13.5. The molecule has 7 aromatic carbocycles. The fraction of sp³-hybridized carbons (Fsp3) is 0. The monoisotopic (exact) mass is 675 g/mol. The summed E-state index contributed by atoms with van der Waals surface area (Å²) >= 11 is 0. The van der Waals surface area contributed by atoms with E-state index < -0.39 is 0 Å². The minimum atomic E-state index is 0.674. The standard InChI is InChI=1S/C48H29N5/c1-3-15-34-30(11-1)13-9-17-36(34)43-29-44(37-18-10-14-31-12-2-4-16-35(31)37)51-48(50-43)33-22-24-39-41(28-33)40-27-32(42-19-5-7-25-49-42)21-23-38(40)46-47(39)53-26-8-6-20-45(53)52-46/h1-29H. The van der Waals surface area contributed by atoms with Gasteiger partial charge in [-0.2, -0.15) is 0 Å². The van der Waals surface area contributed by atoms with Gasteiger partial charge in [-0.05, 0) is 74.8 Å². The van der Waals surface area contributed by atoms with Crippen molar-refractivity contribution in [2.24, 2.45) is 0 Å². The number of benzene rings is 7. The first-order valence-corrected chi connectivity index (χ1v) is 17.8. The van der Waals surface area contributed by atoms with Crippen LogP contribution in [-0.4, -0.2) is 24.3 Å². The van der Waals surface area contributed by atoms with E-state index in [4.69, 9.17) is 15.0 Å². The Hall–Kier alpha value is -7.24. The second-order valence-corrected chi connectivity index (χ2v) is 13.5. The lowest BCUT2D eigenvalue weighted by Crippen LogP contribution is -1.97. The van der Waals surface area contributed by atoms with Crippen molar-refractivity contribution >= 4 is 59.8 Å². The van der Waals surface area contributed by atoms with E-state index in [-0.39, 0.29) is 0 Å². The van der Waals surface area contributed by atoms with Crippen LogP contribution in [0.4, 0.5) is 0 Å². The Kier molecular flexibility index (Phi) is 6.48. The zero-order chi connectivity index (χ0) is 34.9. The third-order valence-electron chi connectivity index (χ3n) is 10.4. The van der Waals surface area contributed by atoms with E-state index in [1.807, 2.05) is 24.4 Å². The van der Waals surface area contributed by atoms with Gasteiger partial charge in [-0.3, -0.25) is 9.38 Å². The van der Waals surface area contributed by atoms with Crippen molar-refractivity contribution in [3.05, 3.63) is 176 Å². The number of aromatic nitrogens is 5. The summed E-state index contributed by atoms with van der Waals surface area (Å²) in [4.78, 5) is 20.5. The van der Waals surface area contributed by atoms with Crippen LogP contribution in [0.5, 0.6) is 0 Å². The molecule has 4 aromatic heterocycles. The first-order chi connectivity index (χ1) is 26.3. The highest BCUT2D eigenvalue weighted by Crippen LogP contribution is 2.40. The molecule has 0 aliphatic heterocycles. The number of rotatable bonds is 4. The van der Waals surface area contributed by atoms with E-state index in [1.54, 1.807) is 0 Å². The van der Waals surface area contributed by atoms with E-state index in [0.717, 1.165) is 88.3 Å². The number of hydrogen-bond acceptors (Lipinski definition) is 4. The molecule has 0 saturated carbocycles. The van der Waals surface area contributed by atoms with Gasteiger partial charge in [-0.15, -0.1) is 0 Å². The van der Waals surface area contributed by atoms with Crippen molar-refractivity contribution in [2.45, 2.75) is 0 Å². The van der Waals surface area contributed by atoms with E-state index in [0.29, 0.717) is 5.82 Å². The number of fused-ring (bicyclic) bond motifs is 10. The van der Waals surface area contributed by atoms with Crippen molar-refractivity contribution in [3.63, 3.8) is 0 Å². The van der Waals surface area contributed by atoms with Gasteiger partial charge in [0.05, 0.1) is 28.1 Å². The molecule has 0 aliphatic carbocycles. The third kappa shape index (κ3) is 4.71. The van der Waals surface area contributed by atoms with Crippen LogP contribution in [0, 0.1) is 0 Å². The molecule has 0 radical (unpaired) electrons. The highest BCUT2D eigenvalue weighted by molar-refractivity contribution is 6.25. The molecule has 0 fully saturated rings. The van der Waals surface area contributed by atoms with Crippen LogP contribution in [0.15, 0.2) is 176 Å². The molecule has 246 valence electrons. The predicted octanol–water partition coefficient (Wildman–Crippen LogP) is 12.0. The van der Waals surface area contributed by atoms with Crippen LogP contribution in [0.3, 0.4) is 0 Å². The van der Waals surface area contributed by atoms with Crippen molar-refractivity contribution in [3.8, 4) is 45.2 Å². The molecule has 0 N–H and O–H groups in total. The maximum Gasteiger partial charge on any atom is 0.160 e. The fourth-order valence-corrected chi connectivity index (χ4v) is 7.97. The molecular weight excluding hydrogens is 647 g/mol. The lowest BCUT2D eigenvalue weighted by molar-refractivity contribution is 1.19. The van der Waals surface area contributed by atoms with E-state index in [2.05, 4.69) is 161 Å². The molecule has 0 aliphatic rings. The van der Waals surface area contributed by atoms with Gasteiger partial charge in [0.25, 0.3) is 0 Å². The molecule has 4 heterocycles. The largest absolute Gasteiger partial charge is 0.299 e. The Morgan fingerprint density at radius 1 is 0.396 bits per heavy atom. The van der Waals surface area contributed by atoms with Gasteiger partial charge in [-0.25, -0.2) is 15.0 Å². The zero-order valence-electron chi connectivity index (χ0n) is 28.5. The summed E-state index contributed by atoms with van der Waals surface area (Å²) < 4.78 is 2.19.